The smallest absolute Gasteiger partial charge is 0.254 e. The van der Waals surface area contributed by atoms with Gasteiger partial charge in [0.2, 0.25) is 5.91 Å². The van der Waals surface area contributed by atoms with Crippen molar-refractivity contribution in [3.8, 4) is 0 Å². The molecule has 1 saturated heterocycles. The fourth-order valence-corrected chi connectivity index (χ4v) is 5.25. The van der Waals surface area contributed by atoms with Gasteiger partial charge in [0.1, 0.15) is 0 Å². The summed E-state index contributed by atoms with van der Waals surface area (Å²) < 4.78 is 5.67. The molecule has 3 atom stereocenters. The molecule has 0 aliphatic carbocycles. The van der Waals surface area contributed by atoms with Gasteiger partial charge in [-0.05, 0) is 41.8 Å². The lowest BCUT2D eigenvalue weighted by Crippen LogP contribution is -2.49. The van der Waals surface area contributed by atoms with Gasteiger partial charge >= 0.3 is 0 Å². The average Bonchev–Trinajstić information content (AvgIpc) is 3.42. The van der Waals surface area contributed by atoms with E-state index in [1.54, 1.807) is 11.3 Å². The molecule has 0 saturated carbocycles. The first-order valence-corrected chi connectivity index (χ1v) is 11.3. The number of hydrogen-bond donors (Lipinski definition) is 1. The van der Waals surface area contributed by atoms with Crippen molar-refractivity contribution in [3.63, 3.8) is 0 Å². The van der Waals surface area contributed by atoms with Crippen LogP contribution in [0, 0.1) is 5.92 Å². The second kappa shape index (κ2) is 8.67. The number of benzene rings is 1. The second-order valence-electron chi connectivity index (χ2n) is 8.26. The van der Waals surface area contributed by atoms with Crippen LogP contribution in [0.5, 0.6) is 0 Å². The Bertz CT molecular complexity index is 859. The highest BCUT2D eigenvalue weighted by Crippen LogP contribution is 2.44. The highest BCUT2D eigenvalue weighted by molar-refractivity contribution is 7.10. The molecule has 4 rings (SSSR count). The van der Waals surface area contributed by atoms with Gasteiger partial charge in [0.15, 0.2) is 0 Å². The molecule has 29 heavy (non-hydrogen) atoms. The molecular formula is C23H28N2O3S. The molecule has 0 bridgehead atoms. The Morgan fingerprint density at radius 1 is 1.28 bits per heavy atom. The standard InChI is InChI=1S/C23H28N2O3S/c1-15(2)14-25-21(19-10-6-12-29-19)20(17-8-3-4-9-18(17)23(25)27)22(26)24-13-16-7-5-11-28-16/h3-4,6,8-10,12,15-16,20-21H,5,7,11,13-14H2,1-2H3,(H,24,26)/t16-,20+,21-/m1/s1. The number of amides is 2. The summed E-state index contributed by atoms with van der Waals surface area (Å²) in [6.45, 7) is 6.11. The highest BCUT2D eigenvalue weighted by atomic mass is 32.1. The first-order valence-electron chi connectivity index (χ1n) is 10.4. The average molecular weight is 413 g/mol. The van der Waals surface area contributed by atoms with Crippen LogP contribution < -0.4 is 5.32 Å². The van der Waals surface area contributed by atoms with Crippen LogP contribution >= 0.6 is 11.3 Å². The lowest BCUT2D eigenvalue weighted by Gasteiger charge is -2.42. The molecule has 0 spiro atoms. The monoisotopic (exact) mass is 412 g/mol. The zero-order chi connectivity index (χ0) is 20.4. The number of carbonyl (C=O) groups is 2. The highest BCUT2D eigenvalue weighted by Gasteiger charge is 2.44. The SMILES string of the molecule is CC(C)CN1C(=O)c2ccccc2[C@H](C(=O)NC[C@H]2CCCO2)[C@H]1c1cccs1. The van der Waals surface area contributed by atoms with Gasteiger partial charge < -0.3 is 15.0 Å². The summed E-state index contributed by atoms with van der Waals surface area (Å²) in [5.74, 6) is -0.145. The summed E-state index contributed by atoms with van der Waals surface area (Å²) in [6.07, 6.45) is 2.11. The lowest BCUT2D eigenvalue weighted by molar-refractivity contribution is -0.124. The Morgan fingerprint density at radius 3 is 2.79 bits per heavy atom. The molecule has 3 heterocycles. The lowest BCUT2D eigenvalue weighted by atomic mass is 9.81. The van der Waals surface area contributed by atoms with Crippen molar-refractivity contribution in [1.82, 2.24) is 10.2 Å². The van der Waals surface area contributed by atoms with Gasteiger partial charge in [-0.3, -0.25) is 9.59 Å². The summed E-state index contributed by atoms with van der Waals surface area (Å²) in [6, 6.07) is 11.3. The van der Waals surface area contributed by atoms with Crippen LogP contribution in [0.25, 0.3) is 0 Å². The number of fused-ring (bicyclic) bond motifs is 1. The minimum absolute atomic E-state index is 0.0101. The van der Waals surface area contributed by atoms with Crippen LogP contribution in [0.4, 0.5) is 0 Å². The van der Waals surface area contributed by atoms with Gasteiger partial charge in [0.05, 0.1) is 18.1 Å². The van der Waals surface area contributed by atoms with Crippen molar-refractivity contribution < 1.29 is 14.3 Å². The summed E-state index contributed by atoms with van der Waals surface area (Å²) in [5, 5.41) is 5.13. The number of nitrogens with zero attached hydrogens (tertiary/aromatic N) is 1. The third-order valence-corrected chi connectivity index (χ3v) is 6.59. The predicted octanol–water partition coefficient (Wildman–Crippen LogP) is 3.98. The zero-order valence-electron chi connectivity index (χ0n) is 17.0. The maximum absolute atomic E-state index is 13.5. The zero-order valence-corrected chi connectivity index (χ0v) is 17.8. The maximum Gasteiger partial charge on any atom is 0.254 e. The largest absolute Gasteiger partial charge is 0.376 e. The van der Waals surface area contributed by atoms with E-state index in [0.717, 1.165) is 29.9 Å². The number of nitrogens with one attached hydrogen (secondary N) is 1. The van der Waals surface area contributed by atoms with Crippen LogP contribution in [0.15, 0.2) is 41.8 Å². The van der Waals surface area contributed by atoms with E-state index >= 15 is 0 Å². The van der Waals surface area contributed by atoms with Crippen LogP contribution in [0.1, 0.15) is 59.4 Å². The number of ether oxygens (including phenoxy) is 1. The van der Waals surface area contributed by atoms with Crippen LogP contribution in [-0.2, 0) is 9.53 Å². The third-order valence-electron chi connectivity index (χ3n) is 5.65. The molecule has 1 N–H and O–H groups in total. The van der Waals surface area contributed by atoms with Crippen molar-refractivity contribution in [3.05, 3.63) is 57.8 Å². The Hall–Kier alpha value is -2.18. The van der Waals surface area contributed by atoms with Crippen molar-refractivity contribution >= 4 is 23.2 Å². The Labute approximate surface area is 176 Å². The topological polar surface area (TPSA) is 58.6 Å². The summed E-state index contributed by atoms with van der Waals surface area (Å²) in [5.41, 5.74) is 1.46. The summed E-state index contributed by atoms with van der Waals surface area (Å²) >= 11 is 1.60. The minimum Gasteiger partial charge on any atom is -0.376 e. The fourth-order valence-electron chi connectivity index (χ4n) is 4.38. The minimum atomic E-state index is -0.428. The molecule has 0 unspecified atom stereocenters. The molecule has 1 aromatic carbocycles. The molecule has 5 nitrogen and oxygen atoms in total. The second-order valence-corrected chi connectivity index (χ2v) is 9.24. The predicted molar refractivity (Wildman–Crippen MR) is 114 cm³/mol. The van der Waals surface area contributed by atoms with Crippen LogP contribution in [0.3, 0.4) is 0 Å². The molecule has 2 amide bonds. The molecule has 2 aromatic rings. The summed E-state index contributed by atoms with van der Waals surface area (Å²) in [4.78, 5) is 29.8. The number of carbonyl (C=O) groups excluding carboxylic acids is 2. The number of thiophene rings is 1. The van der Waals surface area contributed by atoms with E-state index in [9.17, 15) is 9.59 Å². The molecular weight excluding hydrogens is 384 g/mol. The normalized spacial score (nSPS) is 24.0. The first-order chi connectivity index (χ1) is 14.1. The van der Waals surface area contributed by atoms with Crippen molar-refractivity contribution in [2.24, 2.45) is 5.92 Å². The number of hydrogen-bond acceptors (Lipinski definition) is 4. The molecule has 6 heteroatoms. The summed E-state index contributed by atoms with van der Waals surface area (Å²) in [7, 11) is 0. The van der Waals surface area contributed by atoms with E-state index in [0.29, 0.717) is 24.6 Å². The van der Waals surface area contributed by atoms with Gasteiger partial charge in [-0.1, -0.05) is 38.1 Å². The van der Waals surface area contributed by atoms with Crippen molar-refractivity contribution in [2.45, 2.75) is 44.8 Å². The Balaban J connectivity index is 1.72. The van der Waals surface area contributed by atoms with Crippen LogP contribution in [-0.4, -0.2) is 42.5 Å². The van der Waals surface area contributed by atoms with E-state index in [4.69, 9.17) is 4.74 Å². The third kappa shape index (κ3) is 4.09. The van der Waals surface area contributed by atoms with Gasteiger partial charge in [-0.25, -0.2) is 0 Å². The van der Waals surface area contributed by atoms with E-state index in [1.807, 2.05) is 46.7 Å². The van der Waals surface area contributed by atoms with Gasteiger partial charge in [-0.15, -0.1) is 11.3 Å². The van der Waals surface area contributed by atoms with E-state index in [2.05, 4.69) is 19.2 Å². The number of rotatable bonds is 6. The molecule has 2 aliphatic rings. The molecule has 1 aromatic heterocycles. The Morgan fingerprint density at radius 2 is 2.10 bits per heavy atom. The maximum atomic E-state index is 13.5. The molecule has 154 valence electrons. The first kappa shape index (κ1) is 20.1. The van der Waals surface area contributed by atoms with Crippen LogP contribution in [0.2, 0.25) is 0 Å². The van der Waals surface area contributed by atoms with E-state index in [-0.39, 0.29) is 24.0 Å². The van der Waals surface area contributed by atoms with E-state index < -0.39 is 5.92 Å². The van der Waals surface area contributed by atoms with Gasteiger partial charge in [0.25, 0.3) is 5.91 Å². The van der Waals surface area contributed by atoms with E-state index in [1.165, 1.54) is 0 Å². The van der Waals surface area contributed by atoms with Gasteiger partial charge in [-0.2, -0.15) is 0 Å². The molecule has 2 aliphatic heterocycles. The van der Waals surface area contributed by atoms with Crippen molar-refractivity contribution in [2.75, 3.05) is 19.7 Å². The Kier molecular flexibility index (Phi) is 6.01. The fraction of sp³-hybridized carbons (Fsp3) is 0.478. The van der Waals surface area contributed by atoms with Crippen molar-refractivity contribution in [1.29, 1.82) is 0 Å². The quantitative estimate of drug-likeness (QED) is 0.781. The van der Waals surface area contributed by atoms with Gasteiger partial charge in [0, 0.05) is 30.1 Å². The molecule has 1 fully saturated rings. The molecule has 0 radical (unpaired) electrons.